The van der Waals surface area contributed by atoms with E-state index < -0.39 is 5.60 Å². The van der Waals surface area contributed by atoms with Gasteiger partial charge in [-0.3, -0.25) is 4.90 Å². The number of carbonyl (C=O) groups excluding carboxylic acids is 1. The Labute approximate surface area is 126 Å². The van der Waals surface area contributed by atoms with E-state index in [0.717, 1.165) is 18.7 Å². The number of amides is 1. The predicted octanol–water partition coefficient (Wildman–Crippen LogP) is 3.28. The first-order valence-electron chi connectivity index (χ1n) is 7.51. The van der Waals surface area contributed by atoms with E-state index >= 15 is 0 Å². The number of ether oxygens (including phenoxy) is 1. The summed E-state index contributed by atoms with van der Waals surface area (Å²) < 4.78 is 10.9. The highest BCUT2D eigenvalue weighted by Gasteiger charge is 2.33. The third kappa shape index (κ3) is 4.00. The number of likely N-dealkylation sites (N-methyl/N-ethyl adjacent to an activating group) is 1. The van der Waals surface area contributed by atoms with Crippen molar-refractivity contribution in [1.82, 2.24) is 9.80 Å². The summed E-state index contributed by atoms with van der Waals surface area (Å²) in [6.45, 7) is 9.25. The molecule has 5 heteroatoms. The van der Waals surface area contributed by atoms with Crippen LogP contribution in [0.1, 0.15) is 45.9 Å². The summed E-state index contributed by atoms with van der Waals surface area (Å²) in [5.74, 6) is 0.952. The van der Waals surface area contributed by atoms with E-state index in [4.69, 9.17) is 9.15 Å². The molecule has 118 valence electrons. The number of nitrogens with zero attached hydrogens (tertiary/aromatic N) is 2. The van der Waals surface area contributed by atoms with Gasteiger partial charge in [-0.15, -0.1) is 0 Å². The van der Waals surface area contributed by atoms with Crippen molar-refractivity contribution in [3.63, 3.8) is 0 Å². The van der Waals surface area contributed by atoms with E-state index in [1.807, 2.05) is 32.9 Å². The van der Waals surface area contributed by atoms with Gasteiger partial charge in [-0.1, -0.05) is 0 Å². The molecule has 0 aliphatic carbocycles. The molecule has 2 rings (SSSR count). The van der Waals surface area contributed by atoms with Crippen LogP contribution in [0.2, 0.25) is 0 Å². The van der Waals surface area contributed by atoms with Crippen LogP contribution < -0.4 is 0 Å². The fourth-order valence-electron chi connectivity index (χ4n) is 2.61. The molecular weight excluding hydrogens is 268 g/mol. The lowest BCUT2D eigenvalue weighted by atomic mass is 10.1. The quantitative estimate of drug-likeness (QED) is 0.858. The maximum absolute atomic E-state index is 12.1. The molecule has 1 aromatic rings. The zero-order valence-corrected chi connectivity index (χ0v) is 13.6. The molecule has 0 spiro atoms. The van der Waals surface area contributed by atoms with Gasteiger partial charge in [0, 0.05) is 19.1 Å². The Morgan fingerprint density at radius 1 is 1.52 bits per heavy atom. The van der Waals surface area contributed by atoms with Crippen LogP contribution in [0, 0.1) is 0 Å². The van der Waals surface area contributed by atoms with Crippen LogP contribution in [-0.4, -0.2) is 47.7 Å². The van der Waals surface area contributed by atoms with Gasteiger partial charge >= 0.3 is 6.09 Å². The minimum absolute atomic E-state index is 0.198. The average molecular weight is 294 g/mol. The second-order valence-corrected chi connectivity index (χ2v) is 6.73. The number of furan rings is 1. The zero-order chi connectivity index (χ0) is 15.6. The van der Waals surface area contributed by atoms with Crippen LogP contribution in [0.5, 0.6) is 0 Å². The Balaban J connectivity index is 1.91. The second kappa shape index (κ2) is 6.10. The first-order valence-corrected chi connectivity index (χ1v) is 7.51. The van der Waals surface area contributed by atoms with Crippen molar-refractivity contribution in [2.24, 2.45) is 0 Å². The van der Waals surface area contributed by atoms with Gasteiger partial charge in [0.05, 0.1) is 12.3 Å². The third-order valence-corrected chi connectivity index (χ3v) is 3.96. The van der Waals surface area contributed by atoms with Crippen LogP contribution in [-0.2, 0) is 4.74 Å². The predicted molar refractivity (Wildman–Crippen MR) is 81.1 cm³/mol. The van der Waals surface area contributed by atoms with E-state index in [1.54, 1.807) is 11.2 Å². The summed E-state index contributed by atoms with van der Waals surface area (Å²) in [4.78, 5) is 16.2. The minimum atomic E-state index is -0.442. The molecule has 0 aromatic carbocycles. The van der Waals surface area contributed by atoms with Gasteiger partial charge in [0.15, 0.2) is 0 Å². The first-order chi connectivity index (χ1) is 9.78. The fourth-order valence-corrected chi connectivity index (χ4v) is 2.61. The second-order valence-electron chi connectivity index (χ2n) is 6.73. The van der Waals surface area contributed by atoms with Crippen molar-refractivity contribution in [2.45, 2.75) is 51.8 Å². The molecule has 0 bridgehead atoms. The van der Waals surface area contributed by atoms with Gasteiger partial charge in [0.2, 0.25) is 0 Å². The summed E-state index contributed by atoms with van der Waals surface area (Å²) >= 11 is 0. The minimum Gasteiger partial charge on any atom is -0.468 e. The standard InChI is InChI=1S/C16H26N2O3/c1-12(14-7-6-10-20-14)17(5)13-8-9-18(11-13)15(19)21-16(2,3)4/h6-7,10,12-13H,8-9,11H2,1-5H3/t12?,13-/m0/s1. The summed E-state index contributed by atoms with van der Waals surface area (Å²) in [7, 11) is 2.08. The van der Waals surface area contributed by atoms with Crippen molar-refractivity contribution >= 4 is 6.09 Å². The average Bonchev–Trinajstić information content (AvgIpc) is 3.06. The summed E-state index contributed by atoms with van der Waals surface area (Å²) in [6.07, 6.45) is 2.44. The Hall–Kier alpha value is -1.49. The SMILES string of the molecule is CC(c1ccco1)N(C)[C@H]1CCN(C(=O)OC(C)(C)C)C1. The number of hydrogen-bond donors (Lipinski definition) is 0. The van der Waals surface area contributed by atoms with Crippen LogP contribution in [0.4, 0.5) is 4.79 Å². The van der Waals surface area contributed by atoms with Crippen LogP contribution >= 0.6 is 0 Å². The van der Waals surface area contributed by atoms with Crippen LogP contribution in [0.15, 0.2) is 22.8 Å². The van der Waals surface area contributed by atoms with Gasteiger partial charge in [0.25, 0.3) is 0 Å². The highest BCUT2D eigenvalue weighted by Crippen LogP contribution is 2.26. The Morgan fingerprint density at radius 2 is 2.24 bits per heavy atom. The molecular formula is C16H26N2O3. The van der Waals surface area contributed by atoms with Gasteiger partial charge in [-0.2, -0.15) is 0 Å². The number of rotatable bonds is 3. The number of likely N-dealkylation sites (tertiary alicyclic amines) is 1. The smallest absolute Gasteiger partial charge is 0.410 e. The number of hydrogen-bond acceptors (Lipinski definition) is 4. The molecule has 0 saturated carbocycles. The van der Waals surface area contributed by atoms with Crippen molar-refractivity contribution in [3.05, 3.63) is 24.2 Å². The molecule has 1 aromatic heterocycles. The molecule has 21 heavy (non-hydrogen) atoms. The summed E-state index contributed by atoms with van der Waals surface area (Å²) in [5.41, 5.74) is -0.442. The highest BCUT2D eigenvalue weighted by atomic mass is 16.6. The molecule has 1 unspecified atom stereocenters. The molecule has 1 amide bonds. The lowest BCUT2D eigenvalue weighted by Gasteiger charge is -2.30. The molecule has 1 aliphatic rings. The van der Waals surface area contributed by atoms with E-state index in [2.05, 4.69) is 18.9 Å². The Bertz CT molecular complexity index is 464. The summed E-state index contributed by atoms with van der Waals surface area (Å²) in [6, 6.07) is 4.42. The Kier molecular flexibility index (Phi) is 4.61. The molecule has 5 nitrogen and oxygen atoms in total. The fraction of sp³-hybridized carbons (Fsp3) is 0.688. The normalized spacial score (nSPS) is 20.9. The van der Waals surface area contributed by atoms with Crippen LogP contribution in [0.3, 0.4) is 0 Å². The maximum Gasteiger partial charge on any atom is 0.410 e. The van der Waals surface area contributed by atoms with Gasteiger partial charge < -0.3 is 14.1 Å². The molecule has 1 fully saturated rings. The molecule has 1 aliphatic heterocycles. The topological polar surface area (TPSA) is 45.9 Å². The third-order valence-electron chi connectivity index (χ3n) is 3.96. The van der Waals surface area contributed by atoms with Crippen molar-refractivity contribution in [3.8, 4) is 0 Å². The molecule has 0 radical (unpaired) electrons. The monoisotopic (exact) mass is 294 g/mol. The molecule has 2 heterocycles. The van der Waals surface area contributed by atoms with Gasteiger partial charge in [-0.05, 0) is 53.3 Å². The van der Waals surface area contributed by atoms with Crippen molar-refractivity contribution in [2.75, 3.05) is 20.1 Å². The van der Waals surface area contributed by atoms with Crippen molar-refractivity contribution < 1.29 is 13.9 Å². The Morgan fingerprint density at radius 3 is 2.81 bits per heavy atom. The van der Waals surface area contributed by atoms with Gasteiger partial charge in [0.1, 0.15) is 11.4 Å². The van der Waals surface area contributed by atoms with E-state index in [-0.39, 0.29) is 12.1 Å². The maximum atomic E-state index is 12.1. The molecule has 2 atom stereocenters. The van der Waals surface area contributed by atoms with Crippen LogP contribution in [0.25, 0.3) is 0 Å². The summed E-state index contributed by atoms with van der Waals surface area (Å²) in [5, 5.41) is 0. The zero-order valence-electron chi connectivity index (χ0n) is 13.6. The van der Waals surface area contributed by atoms with E-state index in [9.17, 15) is 4.79 Å². The van der Waals surface area contributed by atoms with E-state index in [1.165, 1.54) is 0 Å². The van der Waals surface area contributed by atoms with Gasteiger partial charge in [-0.25, -0.2) is 4.79 Å². The highest BCUT2D eigenvalue weighted by molar-refractivity contribution is 5.68. The molecule has 0 N–H and O–H groups in total. The molecule has 1 saturated heterocycles. The first kappa shape index (κ1) is 15.9. The van der Waals surface area contributed by atoms with E-state index in [0.29, 0.717) is 12.6 Å². The number of carbonyl (C=O) groups is 1. The van der Waals surface area contributed by atoms with Crippen molar-refractivity contribution in [1.29, 1.82) is 0 Å². The lowest BCUT2D eigenvalue weighted by molar-refractivity contribution is 0.0277. The largest absolute Gasteiger partial charge is 0.468 e. The lowest BCUT2D eigenvalue weighted by Crippen LogP contribution is -2.39.